The van der Waals surface area contributed by atoms with Gasteiger partial charge in [-0.3, -0.25) is 4.79 Å². The zero-order chi connectivity index (χ0) is 20.9. The molecule has 1 saturated carbocycles. The summed E-state index contributed by atoms with van der Waals surface area (Å²) in [5.74, 6) is 2.88. The molecule has 5 heteroatoms. The summed E-state index contributed by atoms with van der Waals surface area (Å²) in [5, 5.41) is 3.05. The normalized spacial score (nSPS) is 13.7. The van der Waals surface area contributed by atoms with Crippen LogP contribution in [-0.2, 0) is 17.8 Å². The molecule has 0 radical (unpaired) electrons. The van der Waals surface area contributed by atoms with E-state index in [4.69, 9.17) is 9.72 Å². The topological polar surface area (TPSA) is 56.1 Å². The molecule has 0 bridgehead atoms. The summed E-state index contributed by atoms with van der Waals surface area (Å²) >= 11 is 0. The molecule has 3 aromatic rings. The third-order valence-electron chi connectivity index (χ3n) is 5.65. The molecule has 0 aliphatic heterocycles. The molecule has 1 amide bonds. The maximum atomic E-state index is 11.9. The van der Waals surface area contributed by atoms with Crippen LogP contribution in [-0.4, -0.2) is 28.6 Å². The van der Waals surface area contributed by atoms with Gasteiger partial charge in [-0.2, -0.15) is 0 Å². The fraction of sp³-hybridized carbons (Fsp3) is 0.440. The minimum atomic E-state index is 0.190. The highest BCUT2D eigenvalue weighted by Crippen LogP contribution is 2.28. The standard InChI is InChI=1S/C25H31N3O2/c1-18(2)20-8-3-6-11-23(20)30-17-7-16-28-22-10-5-4-9-21(22)27-24(28)14-15-26-25(29)19-12-13-19/h3-6,8-11,18-19H,7,12-17H2,1-2H3,(H,26,29). The molecule has 0 saturated heterocycles. The smallest absolute Gasteiger partial charge is 0.223 e. The Morgan fingerprint density at radius 1 is 1.17 bits per heavy atom. The van der Waals surface area contributed by atoms with E-state index in [2.05, 4.69) is 54.1 Å². The van der Waals surface area contributed by atoms with Gasteiger partial charge in [0.15, 0.2) is 0 Å². The van der Waals surface area contributed by atoms with Gasteiger partial charge in [0.1, 0.15) is 11.6 Å². The van der Waals surface area contributed by atoms with E-state index >= 15 is 0 Å². The number of para-hydroxylation sites is 3. The van der Waals surface area contributed by atoms with Crippen molar-refractivity contribution >= 4 is 16.9 Å². The number of carbonyl (C=O) groups excluding carboxylic acids is 1. The number of aryl methyl sites for hydroxylation is 1. The number of amides is 1. The summed E-state index contributed by atoms with van der Waals surface area (Å²) in [6, 6.07) is 16.5. The molecule has 4 rings (SSSR count). The highest BCUT2D eigenvalue weighted by Gasteiger charge is 2.29. The number of nitrogens with one attached hydrogen (secondary N) is 1. The molecule has 5 nitrogen and oxygen atoms in total. The lowest BCUT2D eigenvalue weighted by molar-refractivity contribution is -0.122. The van der Waals surface area contributed by atoms with Crippen LogP contribution in [0.5, 0.6) is 5.75 Å². The van der Waals surface area contributed by atoms with Crippen molar-refractivity contribution in [2.24, 2.45) is 5.92 Å². The van der Waals surface area contributed by atoms with E-state index in [0.29, 0.717) is 19.1 Å². The van der Waals surface area contributed by atoms with E-state index in [1.165, 1.54) is 5.56 Å². The Balaban J connectivity index is 1.38. The van der Waals surface area contributed by atoms with Crippen LogP contribution in [0.1, 0.15) is 50.4 Å². The Hall–Kier alpha value is -2.82. The Labute approximate surface area is 178 Å². The quantitative estimate of drug-likeness (QED) is 0.498. The third kappa shape index (κ3) is 4.84. The number of benzene rings is 2. The first kappa shape index (κ1) is 20.5. The summed E-state index contributed by atoms with van der Waals surface area (Å²) in [6.45, 7) is 6.52. The second-order valence-corrected chi connectivity index (χ2v) is 8.38. The minimum absolute atomic E-state index is 0.190. The van der Waals surface area contributed by atoms with Gasteiger partial charge in [0, 0.05) is 25.4 Å². The van der Waals surface area contributed by atoms with E-state index in [-0.39, 0.29) is 11.8 Å². The number of carbonyl (C=O) groups is 1. The first-order valence-corrected chi connectivity index (χ1v) is 11.1. The zero-order valence-corrected chi connectivity index (χ0v) is 17.9. The predicted octanol–water partition coefficient (Wildman–Crippen LogP) is 4.70. The number of rotatable bonds is 10. The van der Waals surface area contributed by atoms with Crippen molar-refractivity contribution in [2.45, 2.75) is 52.0 Å². The molecule has 0 atom stereocenters. The molecule has 30 heavy (non-hydrogen) atoms. The van der Waals surface area contributed by atoms with Gasteiger partial charge >= 0.3 is 0 Å². The van der Waals surface area contributed by atoms with E-state index < -0.39 is 0 Å². The molecule has 158 valence electrons. The minimum Gasteiger partial charge on any atom is -0.493 e. The molecule has 1 aliphatic carbocycles. The van der Waals surface area contributed by atoms with Gasteiger partial charge in [0.05, 0.1) is 17.6 Å². The summed E-state index contributed by atoms with van der Waals surface area (Å²) in [7, 11) is 0. The number of fused-ring (bicyclic) bond motifs is 1. The van der Waals surface area contributed by atoms with Crippen LogP contribution in [0.2, 0.25) is 0 Å². The van der Waals surface area contributed by atoms with Gasteiger partial charge in [-0.15, -0.1) is 0 Å². The molecule has 0 spiro atoms. The maximum absolute atomic E-state index is 11.9. The largest absolute Gasteiger partial charge is 0.493 e. The average Bonchev–Trinajstić information content (AvgIpc) is 3.54. The molecule has 1 N–H and O–H groups in total. The number of hydrogen-bond acceptors (Lipinski definition) is 3. The zero-order valence-electron chi connectivity index (χ0n) is 17.9. The van der Waals surface area contributed by atoms with Crippen LogP contribution >= 0.6 is 0 Å². The SMILES string of the molecule is CC(C)c1ccccc1OCCCn1c(CCNC(=O)C2CC2)nc2ccccc21. The number of nitrogens with zero attached hydrogens (tertiary/aromatic N) is 2. The lowest BCUT2D eigenvalue weighted by Gasteiger charge is -2.14. The van der Waals surface area contributed by atoms with Crippen molar-refractivity contribution < 1.29 is 9.53 Å². The third-order valence-corrected chi connectivity index (χ3v) is 5.65. The van der Waals surface area contributed by atoms with Gasteiger partial charge in [-0.1, -0.05) is 44.2 Å². The van der Waals surface area contributed by atoms with Gasteiger partial charge in [-0.25, -0.2) is 4.98 Å². The van der Waals surface area contributed by atoms with Gasteiger partial charge < -0.3 is 14.6 Å². The Bertz CT molecular complexity index is 1000. The van der Waals surface area contributed by atoms with E-state index in [0.717, 1.165) is 54.8 Å². The van der Waals surface area contributed by atoms with E-state index in [1.54, 1.807) is 0 Å². The van der Waals surface area contributed by atoms with Crippen molar-refractivity contribution in [3.8, 4) is 5.75 Å². The number of ether oxygens (including phenoxy) is 1. The summed E-state index contributed by atoms with van der Waals surface area (Å²) in [6.07, 6.45) is 3.70. The number of aromatic nitrogens is 2. The maximum Gasteiger partial charge on any atom is 0.223 e. The highest BCUT2D eigenvalue weighted by atomic mass is 16.5. The van der Waals surface area contributed by atoms with Crippen LogP contribution in [0, 0.1) is 5.92 Å². The highest BCUT2D eigenvalue weighted by molar-refractivity contribution is 5.80. The summed E-state index contributed by atoms with van der Waals surface area (Å²) in [4.78, 5) is 16.7. The predicted molar refractivity (Wildman–Crippen MR) is 120 cm³/mol. The molecular weight excluding hydrogens is 374 g/mol. The van der Waals surface area contributed by atoms with Crippen LogP contribution in [0.15, 0.2) is 48.5 Å². The first-order valence-electron chi connectivity index (χ1n) is 11.1. The van der Waals surface area contributed by atoms with Gasteiger partial charge in [0.25, 0.3) is 0 Å². The van der Waals surface area contributed by atoms with Crippen molar-refractivity contribution in [3.63, 3.8) is 0 Å². The summed E-state index contributed by atoms with van der Waals surface area (Å²) < 4.78 is 8.38. The number of imidazole rings is 1. The fourth-order valence-corrected chi connectivity index (χ4v) is 3.85. The second kappa shape index (κ2) is 9.33. The van der Waals surface area contributed by atoms with Crippen molar-refractivity contribution in [2.75, 3.05) is 13.2 Å². The lowest BCUT2D eigenvalue weighted by Crippen LogP contribution is -2.27. The first-order chi connectivity index (χ1) is 14.6. The van der Waals surface area contributed by atoms with Crippen LogP contribution in [0.3, 0.4) is 0 Å². The van der Waals surface area contributed by atoms with E-state index in [9.17, 15) is 4.79 Å². The molecule has 2 aromatic carbocycles. The average molecular weight is 406 g/mol. The molecule has 1 aromatic heterocycles. The molecule has 1 fully saturated rings. The molecule has 1 aliphatic rings. The monoisotopic (exact) mass is 405 g/mol. The second-order valence-electron chi connectivity index (χ2n) is 8.38. The Kier molecular flexibility index (Phi) is 6.36. The van der Waals surface area contributed by atoms with Crippen LogP contribution in [0.25, 0.3) is 11.0 Å². The Morgan fingerprint density at radius 2 is 1.93 bits per heavy atom. The van der Waals surface area contributed by atoms with Crippen LogP contribution < -0.4 is 10.1 Å². The molecular formula is C25H31N3O2. The molecule has 1 heterocycles. The molecule has 0 unspecified atom stereocenters. The van der Waals surface area contributed by atoms with Gasteiger partial charge in [-0.05, 0) is 48.9 Å². The fourth-order valence-electron chi connectivity index (χ4n) is 3.85. The number of hydrogen-bond donors (Lipinski definition) is 1. The van der Waals surface area contributed by atoms with E-state index in [1.807, 2.05) is 18.2 Å². The van der Waals surface area contributed by atoms with Crippen LogP contribution in [0.4, 0.5) is 0 Å². The lowest BCUT2D eigenvalue weighted by atomic mass is 10.0. The summed E-state index contributed by atoms with van der Waals surface area (Å²) in [5.41, 5.74) is 3.40. The van der Waals surface area contributed by atoms with Crippen molar-refractivity contribution in [3.05, 3.63) is 59.9 Å². The van der Waals surface area contributed by atoms with Crippen molar-refractivity contribution in [1.29, 1.82) is 0 Å². The Morgan fingerprint density at radius 3 is 2.73 bits per heavy atom. The van der Waals surface area contributed by atoms with Gasteiger partial charge in [0.2, 0.25) is 5.91 Å². The van der Waals surface area contributed by atoms with Crippen molar-refractivity contribution in [1.82, 2.24) is 14.9 Å².